The molecule has 168 valence electrons. The van der Waals surface area contributed by atoms with Gasteiger partial charge in [-0.25, -0.2) is 0 Å². The summed E-state index contributed by atoms with van der Waals surface area (Å²) in [6.45, 7) is 4.62. The topological polar surface area (TPSA) is 63.9 Å². The number of thioether (sulfide) groups is 1. The molecule has 0 radical (unpaired) electrons. The van der Waals surface area contributed by atoms with E-state index >= 15 is 0 Å². The largest absolute Gasteiger partial charge is 0.340 e. The van der Waals surface area contributed by atoms with Crippen molar-refractivity contribution >= 4 is 17.7 Å². The summed E-state index contributed by atoms with van der Waals surface area (Å²) in [6.07, 6.45) is 4.46. The Morgan fingerprint density at radius 3 is 2.33 bits per heavy atom. The summed E-state index contributed by atoms with van der Waals surface area (Å²) in [5, 5.41) is 9.29. The van der Waals surface area contributed by atoms with E-state index in [1.807, 2.05) is 61.0 Å². The van der Waals surface area contributed by atoms with Crippen molar-refractivity contribution in [2.45, 2.75) is 37.2 Å². The van der Waals surface area contributed by atoms with Crippen molar-refractivity contribution < 1.29 is 4.79 Å². The molecule has 2 aromatic heterocycles. The minimum atomic E-state index is -0.318. The molecule has 0 saturated carbocycles. The molecule has 0 bridgehead atoms. The second-order valence-corrected chi connectivity index (χ2v) is 9.15. The van der Waals surface area contributed by atoms with Crippen LogP contribution in [0, 0.1) is 0 Å². The lowest BCUT2D eigenvalue weighted by Crippen LogP contribution is -2.32. The molecule has 1 unspecified atom stereocenters. The molecule has 0 spiro atoms. The highest BCUT2D eigenvalue weighted by Crippen LogP contribution is 2.30. The van der Waals surface area contributed by atoms with Gasteiger partial charge in [0.1, 0.15) is 0 Å². The van der Waals surface area contributed by atoms with Crippen molar-refractivity contribution in [3.8, 4) is 17.1 Å². The molecule has 4 rings (SSSR count). The number of hydrogen-bond donors (Lipinski definition) is 0. The minimum absolute atomic E-state index is 0.0465. The Bertz CT molecular complexity index is 1190. The van der Waals surface area contributed by atoms with Gasteiger partial charge < -0.3 is 4.90 Å². The first-order valence-electron chi connectivity index (χ1n) is 11.0. The molecule has 4 aromatic rings. The molecular formula is C26H27N5OS. The van der Waals surface area contributed by atoms with Crippen LogP contribution in [0.3, 0.4) is 0 Å². The van der Waals surface area contributed by atoms with Crippen LogP contribution in [-0.4, -0.2) is 42.9 Å². The molecule has 0 aliphatic heterocycles. The maximum atomic E-state index is 13.1. The van der Waals surface area contributed by atoms with Gasteiger partial charge >= 0.3 is 0 Å². The van der Waals surface area contributed by atoms with Gasteiger partial charge in [0.25, 0.3) is 0 Å². The fourth-order valence-electron chi connectivity index (χ4n) is 3.60. The molecule has 0 aliphatic carbocycles. The average Bonchev–Trinajstić information content (AvgIpc) is 3.28. The van der Waals surface area contributed by atoms with Crippen molar-refractivity contribution in [3.63, 3.8) is 0 Å². The fourth-order valence-corrected chi connectivity index (χ4v) is 4.58. The lowest BCUT2D eigenvalue weighted by molar-refractivity contribution is -0.129. The van der Waals surface area contributed by atoms with E-state index in [0.717, 1.165) is 29.1 Å². The Balaban J connectivity index is 1.61. The zero-order valence-electron chi connectivity index (χ0n) is 19.0. The number of rotatable bonds is 8. The Morgan fingerprint density at radius 1 is 0.970 bits per heavy atom. The normalized spacial score (nSPS) is 11.8. The minimum Gasteiger partial charge on any atom is -0.340 e. The highest BCUT2D eigenvalue weighted by molar-refractivity contribution is 8.00. The summed E-state index contributed by atoms with van der Waals surface area (Å²) in [5.74, 6) is 0.770. The number of aromatic nitrogens is 4. The van der Waals surface area contributed by atoms with Crippen LogP contribution in [0.1, 0.15) is 25.0 Å². The third-order valence-corrected chi connectivity index (χ3v) is 6.47. The molecule has 7 heteroatoms. The smallest absolute Gasteiger partial charge is 0.235 e. The SMILES string of the molecule is CCc1ccc(-n2c(SC(C)C(=O)N(C)Cc3ccccc3)nnc2-c2ccncc2)cc1. The molecule has 0 N–H and O–H groups in total. The number of amides is 1. The van der Waals surface area contributed by atoms with E-state index in [1.54, 1.807) is 17.3 Å². The van der Waals surface area contributed by atoms with Crippen LogP contribution in [0.15, 0.2) is 84.3 Å². The van der Waals surface area contributed by atoms with E-state index < -0.39 is 0 Å². The molecule has 6 nitrogen and oxygen atoms in total. The second kappa shape index (κ2) is 10.4. The van der Waals surface area contributed by atoms with E-state index in [1.165, 1.54) is 17.3 Å². The van der Waals surface area contributed by atoms with E-state index in [9.17, 15) is 4.79 Å². The van der Waals surface area contributed by atoms with Gasteiger partial charge in [-0.15, -0.1) is 10.2 Å². The third-order valence-electron chi connectivity index (χ3n) is 5.44. The zero-order chi connectivity index (χ0) is 23.2. The maximum absolute atomic E-state index is 13.1. The van der Waals surface area contributed by atoms with Gasteiger partial charge in [-0.1, -0.05) is 61.2 Å². The van der Waals surface area contributed by atoms with Gasteiger partial charge in [0.2, 0.25) is 5.91 Å². The Hall–Kier alpha value is -3.45. The first kappa shape index (κ1) is 22.7. The van der Waals surface area contributed by atoms with Crippen molar-refractivity contribution in [2.24, 2.45) is 0 Å². The average molecular weight is 458 g/mol. The van der Waals surface area contributed by atoms with Crippen LogP contribution in [-0.2, 0) is 17.8 Å². The highest BCUT2D eigenvalue weighted by atomic mass is 32.2. The monoisotopic (exact) mass is 457 g/mol. The number of nitrogens with zero attached hydrogens (tertiary/aromatic N) is 5. The first-order chi connectivity index (χ1) is 16.1. The number of hydrogen-bond acceptors (Lipinski definition) is 5. The number of pyridine rings is 1. The zero-order valence-corrected chi connectivity index (χ0v) is 19.9. The van der Waals surface area contributed by atoms with Crippen molar-refractivity contribution in [3.05, 3.63) is 90.3 Å². The Labute approximate surface area is 198 Å². The molecule has 1 amide bonds. The van der Waals surface area contributed by atoms with Crippen LogP contribution in [0.5, 0.6) is 0 Å². The lowest BCUT2D eigenvalue weighted by atomic mass is 10.1. The molecular weight excluding hydrogens is 430 g/mol. The number of carbonyl (C=O) groups excluding carboxylic acids is 1. The number of carbonyl (C=O) groups is 1. The summed E-state index contributed by atoms with van der Waals surface area (Å²) in [5.41, 5.74) is 4.25. The quantitative estimate of drug-likeness (QED) is 0.347. The van der Waals surface area contributed by atoms with Crippen molar-refractivity contribution in [2.75, 3.05) is 7.05 Å². The van der Waals surface area contributed by atoms with Crippen molar-refractivity contribution in [1.29, 1.82) is 0 Å². The van der Waals surface area contributed by atoms with E-state index in [-0.39, 0.29) is 11.2 Å². The van der Waals surface area contributed by atoms with Crippen LogP contribution in [0.25, 0.3) is 17.1 Å². The summed E-state index contributed by atoms with van der Waals surface area (Å²) in [6, 6.07) is 22.2. The van der Waals surface area contributed by atoms with Crippen LogP contribution in [0.2, 0.25) is 0 Å². The van der Waals surface area contributed by atoms with Gasteiger partial charge in [0.15, 0.2) is 11.0 Å². The Morgan fingerprint density at radius 2 is 1.67 bits per heavy atom. The maximum Gasteiger partial charge on any atom is 0.235 e. The second-order valence-electron chi connectivity index (χ2n) is 7.84. The summed E-state index contributed by atoms with van der Waals surface area (Å²) < 4.78 is 2.01. The molecule has 0 fully saturated rings. The molecule has 2 aromatic carbocycles. The predicted molar refractivity (Wildman–Crippen MR) is 132 cm³/mol. The molecule has 33 heavy (non-hydrogen) atoms. The standard InChI is InChI=1S/C26H27N5OS/c1-4-20-10-12-23(13-11-20)31-24(22-14-16-27-17-15-22)28-29-26(31)33-19(2)25(32)30(3)18-21-8-6-5-7-9-21/h5-17,19H,4,18H2,1-3H3. The van der Waals surface area contributed by atoms with Gasteiger partial charge in [0, 0.05) is 37.2 Å². The number of benzene rings is 2. The molecule has 1 atom stereocenters. The molecule has 0 saturated heterocycles. The summed E-state index contributed by atoms with van der Waals surface area (Å²) >= 11 is 1.42. The molecule has 0 aliphatic rings. The van der Waals surface area contributed by atoms with Gasteiger partial charge in [-0.05, 0) is 48.7 Å². The van der Waals surface area contributed by atoms with Crippen LogP contribution >= 0.6 is 11.8 Å². The van der Waals surface area contributed by atoms with E-state index in [0.29, 0.717) is 11.7 Å². The predicted octanol–water partition coefficient (Wildman–Crippen LogP) is 5.03. The third kappa shape index (κ3) is 5.31. The van der Waals surface area contributed by atoms with Gasteiger partial charge in [0.05, 0.1) is 5.25 Å². The van der Waals surface area contributed by atoms with Gasteiger partial charge in [-0.3, -0.25) is 14.3 Å². The fraction of sp³-hybridized carbons (Fsp3) is 0.231. The highest BCUT2D eigenvalue weighted by Gasteiger charge is 2.24. The lowest BCUT2D eigenvalue weighted by Gasteiger charge is -2.21. The van der Waals surface area contributed by atoms with E-state index in [4.69, 9.17) is 0 Å². The number of aryl methyl sites for hydroxylation is 1. The van der Waals surface area contributed by atoms with Crippen LogP contribution < -0.4 is 0 Å². The Kier molecular flexibility index (Phi) is 7.19. The van der Waals surface area contributed by atoms with E-state index in [2.05, 4.69) is 46.4 Å². The summed E-state index contributed by atoms with van der Waals surface area (Å²) in [4.78, 5) is 19.0. The van der Waals surface area contributed by atoms with Crippen molar-refractivity contribution in [1.82, 2.24) is 24.6 Å². The van der Waals surface area contributed by atoms with Crippen LogP contribution in [0.4, 0.5) is 0 Å². The molecule has 2 heterocycles. The summed E-state index contributed by atoms with van der Waals surface area (Å²) in [7, 11) is 1.84. The first-order valence-corrected chi connectivity index (χ1v) is 11.9. The van der Waals surface area contributed by atoms with Gasteiger partial charge in [-0.2, -0.15) is 0 Å².